The number of nitro groups is 1. The Kier molecular flexibility index (Phi) is 7.67. The molecule has 150 valence electrons. The van der Waals surface area contributed by atoms with Gasteiger partial charge in [0.2, 0.25) is 0 Å². The Morgan fingerprint density at radius 2 is 1.59 bits per heavy atom. The second-order valence-electron chi connectivity index (χ2n) is 7.09. The summed E-state index contributed by atoms with van der Waals surface area (Å²) in [5, 5.41) is 9.77. The summed E-state index contributed by atoms with van der Waals surface area (Å²) in [6, 6.07) is 3.36. The number of rotatable bonds is 5. The Labute approximate surface area is 159 Å². The van der Waals surface area contributed by atoms with Crippen LogP contribution in [0.15, 0.2) is 29.4 Å². The van der Waals surface area contributed by atoms with E-state index in [-0.39, 0.29) is 22.7 Å². The minimum atomic E-state index is -4.18. The Morgan fingerprint density at radius 1 is 1.04 bits per heavy atom. The molecular weight excluding hydrogens is 370 g/mol. The maximum Gasteiger partial charge on any atom is 0.432 e. The van der Waals surface area contributed by atoms with Gasteiger partial charge in [-0.1, -0.05) is 52.6 Å². The minimum Gasteiger partial charge on any atom is -0.390 e. The number of aromatic amines is 1. The van der Waals surface area contributed by atoms with Gasteiger partial charge in [0.25, 0.3) is 10.1 Å². The van der Waals surface area contributed by atoms with Crippen molar-refractivity contribution in [3.8, 4) is 0 Å². The lowest BCUT2D eigenvalue weighted by Crippen LogP contribution is -2.12. The van der Waals surface area contributed by atoms with Crippen molar-refractivity contribution in [3.63, 3.8) is 0 Å². The van der Waals surface area contributed by atoms with Gasteiger partial charge in [0, 0.05) is 0 Å². The highest BCUT2D eigenvalue weighted by molar-refractivity contribution is 7.85. The molecule has 2 aromatic rings. The number of nitrogens with one attached hydrogen (secondary N) is 1. The van der Waals surface area contributed by atoms with Gasteiger partial charge in [0.1, 0.15) is 6.20 Å². The van der Waals surface area contributed by atoms with Gasteiger partial charge in [-0.3, -0.25) is 4.55 Å². The molecule has 0 saturated heterocycles. The maximum absolute atomic E-state index is 11.6. The van der Waals surface area contributed by atoms with E-state index in [0.29, 0.717) is 5.92 Å². The molecule has 0 bridgehead atoms. The van der Waals surface area contributed by atoms with Crippen molar-refractivity contribution in [2.45, 2.75) is 64.2 Å². The van der Waals surface area contributed by atoms with Crippen LogP contribution >= 0.6 is 0 Å². The van der Waals surface area contributed by atoms with Crippen LogP contribution in [0.5, 0.6) is 0 Å². The van der Waals surface area contributed by atoms with Crippen LogP contribution in [-0.4, -0.2) is 27.9 Å². The zero-order valence-corrected chi connectivity index (χ0v) is 17.2. The topological polar surface area (TPSA) is 126 Å². The lowest BCUT2D eigenvalue weighted by Gasteiger charge is -2.24. The third kappa shape index (κ3) is 5.86. The number of hydrogen-bond donors (Lipinski definition) is 2. The van der Waals surface area contributed by atoms with Gasteiger partial charge in [-0.2, -0.15) is 8.42 Å². The van der Waals surface area contributed by atoms with E-state index < -0.39 is 15.0 Å². The van der Waals surface area contributed by atoms with Crippen LogP contribution in [0.4, 0.5) is 5.95 Å². The molecule has 0 radical (unpaired) electrons. The van der Waals surface area contributed by atoms with Gasteiger partial charge >= 0.3 is 5.95 Å². The van der Waals surface area contributed by atoms with Crippen molar-refractivity contribution in [1.82, 2.24) is 9.97 Å². The Bertz CT molecular complexity index is 873. The predicted octanol–water partition coefficient (Wildman–Crippen LogP) is 4.62. The van der Waals surface area contributed by atoms with Crippen LogP contribution in [0.3, 0.4) is 0 Å². The summed E-state index contributed by atoms with van der Waals surface area (Å²) in [5.41, 5.74) is 2.97. The highest BCUT2D eigenvalue weighted by Crippen LogP contribution is 2.37. The van der Waals surface area contributed by atoms with Crippen LogP contribution < -0.4 is 0 Å². The molecule has 8 nitrogen and oxygen atoms in total. The van der Waals surface area contributed by atoms with Gasteiger partial charge in [0.15, 0.2) is 0 Å². The lowest BCUT2D eigenvalue weighted by molar-refractivity contribution is -0.393. The highest BCUT2D eigenvalue weighted by atomic mass is 32.2. The average molecular weight is 397 g/mol. The smallest absolute Gasteiger partial charge is 0.390 e. The average Bonchev–Trinajstić information content (AvgIpc) is 3.07. The monoisotopic (exact) mass is 397 g/mol. The number of H-pyrrole nitrogens is 1. The summed E-state index contributed by atoms with van der Waals surface area (Å²) < 4.78 is 32.6. The molecule has 27 heavy (non-hydrogen) atoms. The molecule has 0 aliphatic heterocycles. The second kappa shape index (κ2) is 9.09. The van der Waals surface area contributed by atoms with Crippen LogP contribution in [-0.2, 0) is 10.1 Å². The van der Waals surface area contributed by atoms with Crippen molar-refractivity contribution in [1.29, 1.82) is 0 Å². The van der Waals surface area contributed by atoms with E-state index in [1.165, 1.54) is 18.5 Å². The van der Waals surface area contributed by atoms with E-state index in [9.17, 15) is 23.1 Å². The third-order valence-electron chi connectivity index (χ3n) is 3.99. The van der Waals surface area contributed by atoms with Crippen LogP contribution in [0, 0.1) is 10.1 Å². The van der Waals surface area contributed by atoms with E-state index >= 15 is 0 Å². The first-order valence-electron chi connectivity index (χ1n) is 8.65. The molecule has 0 amide bonds. The van der Waals surface area contributed by atoms with Gasteiger partial charge in [-0.05, 0) is 45.4 Å². The summed E-state index contributed by atoms with van der Waals surface area (Å²) in [5.74, 6) is 0.375. The molecule has 2 N–H and O–H groups in total. The minimum absolute atomic E-state index is 0.0491. The largest absolute Gasteiger partial charge is 0.432 e. The molecule has 9 heteroatoms. The van der Waals surface area contributed by atoms with Gasteiger partial charge in [-0.25, -0.2) is 4.98 Å². The SMILES string of the molecule is CC(C)c1ccc(S(=O)(=O)O)c(C(C)C)c1C(C)C.O=[N+]([O-])c1ncc[nH]1. The first-order valence-corrected chi connectivity index (χ1v) is 10.1. The summed E-state index contributed by atoms with van der Waals surface area (Å²) in [7, 11) is -4.18. The number of aromatic nitrogens is 2. The van der Waals surface area contributed by atoms with Gasteiger partial charge < -0.3 is 10.1 Å². The van der Waals surface area contributed by atoms with Gasteiger partial charge in [0.05, 0.1) is 11.1 Å². The quantitative estimate of drug-likeness (QED) is 0.430. The molecule has 0 aliphatic carbocycles. The van der Waals surface area contributed by atoms with Crippen molar-refractivity contribution in [2.75, 3.05) is 0 Å². The standard InChI is InChI=1S/C15H24O3S.C3H3N3O2/c1-9(2)12-7-8-13(19(16,17)18)15(11(5)6)14(12)10(3)4;7-6(8)3-4-1-2-5-3/h7-11H,1-6H3,(H,16,17,18);1-2H,(H,4,5). The fraction of sp³-hybridized carbons (Fsp3) is 0.500. The molecule has 0 unspecified atom stereocenters. The van der Waals surface area contributed by atoms with E-state index in [2.05, 4.69) is 37.7 Å². The number of benzene rings is 1. The van der Waals surface area contributed by atoms with Crippen molar-refractivity contribution < 1.29 is 17.9 Å². The van der Waals surface area contributed by atoms with E-state index in [4.69, 9.17) is 0 Å². The number of hydrogen-bond acceptors (Lipinski definition) is 5. The normalized spacial score (nSPS) is 11.6. The lowest BCUT2D eigenvalue weighted by atomic mass is 9.83. The fourth-order valence-corrected chi connectivity index (χ4v) is 3.82. The second-order valence-corrected chi connectivity index (χ2v) is 8.48. The molecule has 1 aromatic heterocycles. The van der Waals surface area contributed by atoms with Crippen LogP contribution in [0.2, 0.25) is 0 Å². The molecule has 0 saturated carbocycles. The van der Waals surface area contributed by atoms with Crippen LogP contribution in [0.1, 0.15) is 76.0 Å². The molecule has 1 aromatic carbocycles. The Hall–Kier alpha value is -2.26. The molecule has 2 rings (SSSR count). The fourth-order valence-electron chi connectivity index (χ4n) is 2.96. The summed E-state index contributed by atoms with van der Waals surface area (Å²) >= 11 is 0. The molecular formula is C18H27N3O5S. The van der Waals surface area contributed by atoms with Gasteiger partial charge in [-0.15, -0.1) is 0 Å². The summed E-state index contributed by atoms with van der Waals surface area (Å²) in [6.07, 6.45) is 2.73. The molecule has 0 aliphatic rings. The Morgan fingerprint density at radius 3 is 1.89 bits per heavy atom. The zero-order valence-electron chi connectivity index (χ0n) is 16.4. The third-order valence-corrected chi connectivity index (χ3v) is 4.90. The summed E-state index contributed by atoms with van der Waals surface area (Å²) in [4.78, 5) is 14.9. The Balaban J connectivity index is 0.000000377. The first-order chi connectivity index (χ1) is 12.4. The number of nitrogens with zero attached hydrogens (tertiary/aromatic N) is 2. The van der Waals surface area contributed by atoms with Crippen molar-refractivity contribution >= 4 is 16.1 Å². The zero-order chi connectivity index (χ0) is 20.9. The van der Waals surface area contributed by atoms with Crippen molar-refractivity contribution in [3.05, 3.63) is 51.3 Å². The van der Waals surface area contributed by atoms with Crippen molar-refractivity contribution in [2.24, 2.45) is 0 Å². The maximum atomic E-state index is 11.6. The first kappa shape index (κ1) is 22.8. The molecule has 1 heterocycles. The summed E-state index contributed by atoms with van der Waals surface area (Å²) in [6.45, 7) is 12.2. The molecule has 0 atom stereocenters. The van der Waals surface area contributed by atoms with Crippen LogP contribution in [0.25, 0.3) is 0 Å². The highest BCUT2D eigenvalue weighted by Gasteiger charge is 2.25. The van der Waals surface area contributed by atoms with E-state index in [0.717, 1.165) is 16.7 Å². The number of imidazole rings is 1. The predicted molar refractivity (Wildman–Crippen MR) is 104 cm³/mol. The molecule has 0 fully saturated rings. The van der Waals surface area contributed by atoms with E-state index in [1.54, 1.807) is 0 Å². The molecule has 0 spiro atoms. The van der Waals surface area contributed by atoms with E-state index in [1.807, 2.05) is 19.9 Å².